The Labute approximate surface area is 788 Å². The first-order valence-electron chi connectivity index (χ1n) is 51.6. The number of hydrogen-bond donors (Lipinski definition) is 2. The number of esters is 7. The van der Waals surface area contributed by atoms with Gasteiger partial charge in [0, 0.05) is 154 Å². The Morgan fingerprint density at radius 1 is 0.451 bits per heavy atom. The van der Waals surface area contributed by atoms with Crippen LogP contribution in [0.2, 0.25) is 0 Å². The van der Waals surface area contributed by atoms with E-state index in [0.717, 1.165) is 152 Å². The standard InChI is InChI=1S/C23H34O3.C22H32O3.C19H22O5.C15H23NO4.C15H22O4.C14H21NO4/c1-14-13-23(26-20(14)25)11-8-19-17-5-4-15-12-16(24)6-9-21(15,2)18(17)7-10-22(19,23)3;1-13-11-22(25-20(13)24)10-9-21(2)14(12-22)3-4-16-15-6-8-19(23)17(15)5-7-18(16)21;1-9-8-19(24-17(9)21)4-2-3-14(19)18(22)23-16-10-5-11-12(6-10)15(20)7-13(11)16;1-5-14(3,4)20-13(18)16-8-6-15(7-9-16)10-11(2)12(17)19-15;1-11-10-15(19-14(11)16)7-5-12(6-8-15)18-13-4-2-3-9-17-13;1-10-9-14(18-11(10)16)5-7-15(8-6-14)12(17)19-13(2,3)4/h15-19,24H,1,4-13H2,2-3H3;14-19,23H,1,3-12H2,2H3;10-14,16H,1-8H2;2,5-10H2,1,3-4H3;12-13H,1-10H2;1,5-9H2,2-4H3. The fourth-order valence-electron chi connectivity index (χ4n) is 31.1. The maximum absolute atomic E-state index is 12.9. The number of carbonyl (C=O) groups is 10. The van der Waals surface area contributed by atoms with Crippen LogP contribution in [0.5, 0.6) is 0 Å². The molecule has 133 heavy (non-hydrogen) atoms. The molecule has 22 fully saturated rings. The summed E-state index contributed by atoms with van der Waals surface area (Å²) in [6, 6.07) is 0. The van der Waals surface area contributed by atoms with E-state index in [0.29, 0.717) is 182 Å². The molecular formula is C108H154N2O23. The van der Waals surface area contributed by atoms with Crippen LogP contribution in [-0.2, 0) is 90.5 Å². The highest BCUT2D eigenvalue weighted by Crippen LogP contribution is 2.72. The Kier molecular flexibility index (Phi) is 27.0. The van der Waals surface area contributed by atoms with Crippen LogP contribution in [0.25, 0.3) is 0 Å². The van der Waals surface area contributed by atoms with Gasteiger partial charge >= 0.3 is 54.0 Å². The minimum absolute atomic E-state index is 0.0195. The van der Waals surface area contributed by atoms with E-state index in [1.165, 1.54) is 83.5 Å². The summed E-state index contributed by atoms with van der Waals surface area (Å²) >= 11 is 0. The van der Waals surface area contributed by atoms with E-state index >= 15 is 0 Å². The minimum Gasteiger partial charge on any atom is -0.461 e. The molecule has 2 amide bonds. The number of ketones is 1. The lowest BCUT2D eigenvalue weighted by Crippen LogP contribution is -2.56. The Balaban J connectivity index is 0.000000112. The summed E-state index contributed by atoms with van der Waals surface area (Å²) in [7, 11) is 0. The average Bonchev–Trinajstić information content (AvgIpc) is 1.54. The summed E-state index contributed by atoms with van der Waals surface area (Å²) in [6.45, 7) is 44.7. The van der Waals surface area contributed by atoms with Gasteiger partial charge in [0.2, 0.25) is 0 Å². The van der Waals surface area contributed by atoms with Crippen molar-refractivity contribution in [3.05, 3.63) is 72.9 Å². The molecule has 9 aliphatic heterocycles. The number of ether oxygens (including phenoxy) is 11. The van der Waals surface area contributed by atoms with E-state index in [2.05, 4.69) is 60.2 Å². The van der Waals surface area contributed by atoms with Gasteiger partial charge in [0.1, 0.15) is 56.7 Å². The van der Waals surface area contributed by atoms with Crippen molar-refractivity contribution in [2.45, 2.75) is 408 Å². The van der Waals surface area contributed by atoms with Crippen LogP contribution in [0.1, 0.15) is 332 Å². The number of aliphatic hydroxyl groups excluding tert-OH is 2. The van der Waals surface area contributed by atoms with Gasteiger partial charge in [-0.05, 0) is 310 Å². The molecule has 25 nitrogen and oxygen atoms in total. The summed E-state index contributed by atoms with van der Waals surface area (Å²) < 4.78 is 62.2. The molecular weight excluding hydrogens is 1690 g/mol. The van der Waals surface area contributed by atoms with Crippen LogP contribution in [0, 0.1) is 99.1 Å². The molecule has 13 saturated carbocycles. The van der Waals surface area contributed by atoms with Crippen molar-refractivity contribution in [1.29, 1.82) is 0 Å². The van der Waals surface area contributed by atoms with Crippen molar-refractivity contribution in [2.75, 3.05) is 32.8 Å². The number of likely N-dealkylation sites (tertiary alicyclic amines) is 2. The van der Waals surface area contributed by atoms with Gasteiger partial charge < -0.3 is 72.1 Å². The van der Waals surface area contributed by atoms with Crippen LogP contribution in [0.3, 0.4) is 0 Å². The zero-order valence-electron chi connectivity index (χ0n) is 81.3. The summed E-state index contributed by atoms with van der Waals surface area (Å²) in [6.07, 6.45) is 39.5. The monoisotopic (exact) mass is 1850 g/mol. The van der Waals surface area contributed by atoms with E-state index in [9.17, 15) is 58.2 Å². The second-order valence-electron chi connectivity index (χ2n) is 47.9. The quantitative estimate of drug-likeness (QED) is 0.142. The highest BCUT2D eigenvalue weighted by Gasteiger charge is 2.70. The van der Waals surface area contributed by atoms with Crippen molar-refractivity contribution in [3.8, 4) is 0 Å². The van der Waals surface area contributed by atoms with Crippen LogP contribution in [-0.4, -0.2) is 188 Å². The highest BCUT2D eigenvalue weighted by atomic mass is 16.7. The molecule has 2 N–H and O–H groups in total. The van der Waals surface area contributed by atoms with Crippen molar-refractivity contribution in [1.82, 2.24) is 9.80 Å². The highest BCUT2D eigenvalue weighted by molar-refractivity contribution is 5.94. The van der Waals surface area contributed by atoms with Crippen molar-refractivity contribution in [3.63, 3.8) is 0 Å². The molecule has 25 heteroatoms. The first-order chi connectivity index (χ1) is 62.8. The molecule has 24 atom stereocenters. The first-order valence-corrected chi connectivity index (χ1v) is 51.6. The Hall–Kier alpha value is -7.22. The number of piperidine rings is 2. The number of hydrogen-bond acceptors (Lipinski definition) is 23. The fourth-order valence-corrected chi connectivity index (χ4v) is 31.1. The Morgan fingerprint density at radius 2 is 0.985 bits per heavy atom. The molecule has 22 rings (SSSR count). The van der Waals surface area contributed by atoms with Gasteiger partial charge in [-0.15, -0.1) is 0 Å². The summed E-state index contributed by atoms with van der Waals surface area (Å²) in [4.78, 5) is 123. The van der Waals surface area contributed by atoms with Crippen molar-refractivity contribution < 1.29 is 110 Å². The SMILES string of the molecule is C=C1CC2(CCC(OC3CCCCO3)CC2)OC1=O.C=C1CC2(CCC3(C)C(CCC4C5CCC(O)C5CCC43)C2)OC1=O.C=C1CC2(CCC3C4CCC5CC(O)CCC5(C)C4CCC32C)OC1=O.C=C1CC2(CCCC2C(=O)OC2C3CC4C(=O)CC2C4C3)OC1=O.C=C1CC2(CCN(C(=O)OC(C)(C)C)CC2)OC1=O.C=C1CC2(CCN(C(=O)OC(C)(C)CC)CC2)OC1=O. The molecule has 0 aromatic heterocycles. The minimum atomic E-state index is -0.725. The van der Waals surface area contributed by atoms with Gasteiger partial charge in [0.15, 0.2) is 6.29 Å². The molecule has 2 bridgehead atoms. The lowest BCUT2D eigenvalue weighted by Gasteiger charge is -2.61. The van der Waals surface area contributed by atoms with Crippen molar-refractivity contribution in [2.24, 2.45) is 99.1 Å². The first kappa shape index (κ1) is 97.4. The van der Waals surface area contributed by atoms with Crippen LogP contribution in [0.15, 0.2) is 72.9 Å². The lowest BCUT2D eigenvalue weighted by atomic mass is 9.44. The number of carbonyl (C=O) groups excluding carboxylic acids is 10. The second-order valence-corrected chi connectivity index (χ2v) is 47.9. The molecule has 0 aromatic carbocycles. The molecule has 0 radical (unpaired) electrons. The van der Waals surface area contributed by atoms with E-state index in [1.807, 2.05) is 41.5 Å². The van der Waals surface area contributed by atoms with Gasteiger partial charge in [0.05, 0.1) is 24.2 Å². The molecule has 9 heterocycles. The smallest absolute Gasteiger partial charge is 0.410 e. The Bertz CT molecular complexity index is 4490. The van der Waals surface area contributed by atoms with Crippen LogP contribution < -0.4 is 0 Å². The number of rotatable bonds is 6. The number of nitrogens with zero attached hydrogens (tertiary/aromatic N) is 2. The molecule has 9 saturated heterocycles. The molecule has 22 aliphatic rings. The normalized spacial score (nSPS) is 42.2. The lowest BCUT2D eigenvalue weighted by molar-refractivity contribution is -0.201. The zero-order chi connectivity index (χ0) is 94.9. The number of fused-ring (bicyclic) bond motifs is 12. The predicted molar refractivity (Wildman–Crippen MR) is 492 cm³/mol. The van der Waals surface area contributed by atoms with Crippen LogP contribution >= 0.6 is 0 Å². The van der Waals surface area contributed by atoms with E-state index in [4.69, 9.17) is 52.1 Å². The van der Waals surface area contributed by atoms with Gasteiger partial charge in [-0.3, -0.25) is 9.59 Å². The summed E-state index contributed by atoms with van der Waals surface area (Å²) in [5.41, 5.74) is 1.15. The van der Waals surface area contributed by atoms with E-state index < -0.39 is 28.0 Å². The zero-order valence-corrected chi connectivity index (χ0v) is 81.3. The third-order valence-corrected chi connectivity index (χ3v) is 38.7. The largest absolute Gasteiger partial charge is 0.461 e. The number of amides is 2. The second kappa shape index (κ2) is 36.8. The molecule has 6 spiro atoms. The number of aliphatic hydroxyl groups is 2. The summed E-state index contributed by atoms with van der Waals surface area (Å²) in [5, 5.41) is 20.5. The third kappa shape index (κ3) is 18.9. The molecule has 0 aromatic rings. The van der Waals surface area contributed by atoms with Gasteiger partial charge in [-0.1, -0.05) is 67.2 Å². The molecule has 13 aliphatic carbocycles. The van der Waals surface area contributed by atoms with Gasteiger partial charge in [0.25, 0.3) is 0 Å². The van der Waals surface area contributed by atoms with Crippen LogP contribution in [0.4, 0.5) is 9.59 Å². The van der Waals surface area contributed by atoms with Crippen molar-refractivity contribution >= 4 is 59.8 Å². The Morgan fingerprint density at radius 3 is 1.55 bits per heavy atom. The topological polar surface area (TPSA) is 319 Å². The third-order valence-electron chi connectivity index (χ3n) is 38.7. The maximum atomic E-state index is 12.9. The summed E-state index contributed by atoms with van der Waals surface area (Å²) in [5.74, 6) is 6.13. The van der Waals surface area contributed by atoms with E-state index in [1.54, 1.807) is 9.80 Å². The van der Waals surface area contributed by atoms with E-state index in [-0.39, 0.29) is 125 Å². The molecule has 24 unspecified atom stereocenters. The average molecular weight is 1850 g/mol. The number of Topliss-reactive ketones (excluding diaryl/α,β-unsaturated/α-hetero) is 1. The molecule has 734 valence electrons. The maximum Gasteiger partial charge on any atom is 0.410 e. The fraction of sp³-hybridized carbons (Fsp3) is 0.796. The predicted octanol–water partition coefficient (Wildman–Crippen LogP) is 18.7. The van der Waals surface area contributed by atoms with Gasteiger partial charge in [-0.25, -0.2) is 38.4 Å². The van der Waals surface area contributed by atoms with Gasteiger partial charge in [-0.2, -0.15) is 0 Å².